The van der Waals surface area contributed by atoms with Crippen molar-refractivity contribution in [2.45, 2.75) is 10.9 Å². The minimum Gasteiger partial charge on any atom is -0.383 e. The number of nitrogens with zero attached hydrogens (tertiary/aromatic N) is 2. The fourth-order valence-electron chi connectivity index (χ4n) is 1.30. The highest BCUT2D eigenvalue weighted by atomic mass is 35.5. The van der Waals surface area contributed by atoms with Crippen molar-refractivity contribution in [1.29, 1.82) is 0 Å². The highest BCUT2D eigenvalue weighted by Crippen LogP contribution is 2.26. The molecule has 0 fully saturated rings. The van der Waals surface area contributed by atoms with Gasteiger partial charge in [-0.3, -0.25) is 0 Å². The summed E-state index contributed by atoms with van der Waals surface area (Å²) >= 11 is 13.2. The Morgan fingerprint density at radius 1 is 1.00 bits per heavy atom. The van der Waals surface area contributed by atoms with Gasteiger partial charge in [0.15, 0.2) is 5.16 Å². The third-order valence-electron chi connectivity index (χ3n) is 2.10. The van der Waals surface area contributed by atoms with Crippen LogP contribution in [0.1, 0.15) is 5.56 Å². The van der Waals surface area contributed by atoms with E-state index < -0.39 is 0 Å². The lowest BCUT2D eigenvalue weighted by Gasteiger charge is -2.04. The second-order valence-corrected chi connectivity index (χ2v) is 5.29. The number of thioether (sulfide) groups is 1. The Bertz CT molecular complexity index is 557. The van der Waals surface area contributed by atoms with Crippen LogP contribution in [-0.4, -0.2) is 9.97 Å². The summed E-state index contributed by atoms with van der Waals surface area (Å²) in [6, 6.07) is 6.99. The number of rotatable bonds is 3. The monoisotopic (exact) mass is 300 g/mol. The lowest BCUT2D eigenvalue weighted by Crippen LogP contribution is -1.99. The molecule has 0 atom stereocenters. The number of halogens is 2. The Balaban J connectivity index is 2.08. The Hall–Kier alpha value is -1.17. The van der Waals surface area contributed by atoms with Crippen LogP contribution in [0.4, 0.5) is 11.6 Å². The highest BCUT2D eigenvalue weighted by molar-refractivity contribution is 7.98. The largest absolute Gasteiger partial charge is 0.383 e. The molecule has 0 unspecified atom stereocenters. The molecule has 18 heavy (non-hydrogen) atoms. The highest BCUT2D eigenvalue weighted by Gasteiger charge is 2.04. The molecule has 0 radical (unpaired) electrons. The van der Waals surface area contributed by atoms with Crippen molar-refractivity contribution in [3.63, 3.8) is 0 Å². The van der Waals surface area contributed by atoms with E-state index in [0.29, 0.717) is 32.6 Å². The van der Waals surface area contributed by atoms with Crippen LogP contribution in [0.3, 0.4) is 0 Å². The van der Waals surface area contributed by atoms with Crippen LogP contribution in [0, 0.1) is 0 Å². The van der Waals surface area contributed by atoms with Crippen LogP contribution >= 0.6 is 35.0 Å². The summed E-state index contributed by atoms with van der Waals surface area (Å²) < 4.78 is 0. The Labute approximate surface area is 119 Å². The van der Waals surface area contributed by atoms with Crippen LogP contribution in [-0.2, 0) is 5.75 Å². The van der Waals surface area contributed by atoms with E-state index in [1.165, 1.54) is 17.8 Å². The van der Waals surface area contributed by atoms with Crippen molar-refractivity contribution in [2.24, 2.45) is 0 Å². The van der Waals surface area contributed by atoms with E-state index >= 15 is 0 Å². The lowest BCUT2D eigenvalue weighted by atomic mass is 10.2. The molecule has 1 heterocycles. The summed E-state index contributed by atoms with van der Waals surface area (Å²) in [5.41, 5.74) is 12.2. The molecule has 1 aromatic carbocycles. The van der Waals surface area contributed by atoms with Gasteiger partial charge in [0.1, 0.15) is 11.6 Å². The van der Waals surface area contributed by atoms with Gasteiger partial charge in [0.05, 0.1) is 10.0 Å². The topological polar surface area (TPSA) is 77.8 Å². The maximum atomic E-state index is 5.93. The zero-order valence-electron chi connectivity index (χ0n) is 9.23. The van der Waals surface area contributed by atoms with Gasteiger partial charge in [-0.05, 0) is 17.7 Å². The zero-order chi connectivity index (χ0) is 13.1. The van der Waals surface area contributed by atoms with Gasteiger partial charge < -0.3 is 11.5 Å². The van der Waals surface area contributed by atoms with Gasteiger partial charge >= 0.3 is 0 Å². The molecule has 2 rings (SSSR count). The molecule has 0 aliphatic rings. The predicted molar refractivity (Wildman–Crippen MR) is 76.9 cm³/mol. The molecule has 2 aromatic rings. The summed E-state index contributed by atoms with van der Waals surface area (Å²) in [7, 11) is 0. The van der Waals surface area contributed by atoms with Gasteiger partial charge in [0, 0.05) is 11.8 Å². The van der Waals surface area contributed by atoms with Gasteiger partial charge in [-0.1, -0.05) is 41.0 Å². The summed E-state index contributed by atoms with van der Waals surface area (Å²) in [5.74, 6) is 1.39. The van der Waals surface area contributed by atoms with Gasteiger partial charge in [-0.25, -0.2) is 9.97 Å². The number of benzene rings is 1. The van der Waals surface area contributed by atoms with E-state index in [9.17, 15) is 0 Å². The van der Waals surface area contributed by atoms with Crippen LogP contribution in [0.5, 0.6) is 0 Å². The average Bonchev–Trinajstić information content (AvgIpc) is 2.29. The van der Waals surface area contributed by atoms with Crippen LogP contribution in [0.15, 0.2) is 29.4 Å². The second kappa shape index (κ2) is 5.65. The number of hydrogen-bond donors (Lipinski definition) is 2. The molecule has 4 nitrogen and oxygen atoms in total. The maximum Gasteiger partial charge on any atom is 0.191 e. The summed E-state index contributed by atoms with van der Waals surface area (Å²) in [6.07, 6.45) is 0. The summed E-state index contributed by atoms with van der Waals surface area (Å²) in [6.45, 7) is 0. The standard InChI is InChI=1S/C11H10Cl2N4S/c12-7-2-1-6(3-8(7)13)5-18-11-16-9(14)4-10(15)17-11/h1-4H,5H2,(H4,14,15,16,17). The van der Waals surface area contributed by atoms with Crippen LogP contribution in [0.2, 0.25) is 10.0 Å². The molecular weight excluding hydrogens is 291 g/mol. The molecule has 1 aromatic heterocycles. The van der Waals surface area contributed by atoms with Gasteiger partial charge in [0.25, 0.3) is 0 Å². The third-order valence-corrected chi connectivity index (χ3v) is 3.75. The van der Waals surface area contributed by atoms with E-state index in [1.807, 2.05) is 12.1 Å². The molecule has 7 heteroatoms. The first-order chi connectivity index (χ1) is 8.54. The molecule has 0 bridgehead atoms. The second-order valence-electron chi connectivity index (χ2n) is 3.54. The maximum absolute atomic E-state index is 5.93. The quantitative estimate of drug-likeness (QED) is 0.672. The van der Waals surface area contributed by atoms with E-state index in [1.54, 1.807) is 6.07 Å². The fourth-order valence-corrected chi connectivity index (χ4v) is 2.44. The predicted octanol–water partition coefficient (Wildman–Crippen LogP) is 3.24. The molecule has 0 saturated heterocycles. The molecule has 94 valence electrons. The normalized spacial score (nSPS) is 10.6. The minimum atomic E-state index is 0.360. The van der Waals surface area contributed by atoms with Gasteiger partial charge in [-0.2, -0.15) is 0 Å². The SMILES string of the molecule is Nc1cc(N)nc(SCc2ccc(Cl)c(Cl)c2)n1. The van der Waals surface area contributed by atoms with Crippen molar-refractivity contribution in [1.82, 2.24) is 9.97 Å². The molecule has 4 N–H and O–H groups in total. The fraction of sp³-hybridized carbons (Fsp3) is 0.0909. The molecule has 0 spiro atoms. The Morgan fingerprint density at radius 3 is 2.28 bits per heavy atom. The average molecular weight is 301 g/mol. The summed E-state index contributed by atoms with van der Waals surface area (Å²) in [5, 5.41) is 1.61. The molecule has 0 saturated carbocycles. The van der Waals surface area contributed by atoms with E-state index in [-0.39, 0.29) is 0 Å². The van der Waals surface area contributed by atoms with Gasteiger partial charge in [0.2, 0.25) is 0 Å². The number of nitrogens with two attached hydrogens (primary N) is 2. The Kier molecular flexibility index (Phi) is 4.16. The molecule has 0 aliphatic heterocycles. The van der Waals surface area contributed by atoms with E-state index in [0.717, 1.165) is 5.56 Å². The first-order valence-electron chi connectivity index (χ1n) is 5.01. The number of hydrogen-bond acceptors (Lipinski definition) is 5. The lowest BCUT2D eigenvalue weighted by molar-refractivity contribution is 0.984. The molecule has 0 aliphatic carbocycles. The first-order valence-corrected chi connectivity index (χ1v) is 6.75. The van der Waals surface area contributed by atoms with Crippen molar-refractivity contribution in [2.75, 3.05) is 11.5 Å². The third kappa shape index (κ3) is 3.41. The first kappa shape index (κ1) is 13.3. The van der Waals surface area contributed by atoms with Gasteiger partial charge in [-0.15, -0.1) is 0 Å². The number of anilines is 2. The number of nitrogen functional groups attached to an aromatic ring is 2. The minimum absolute atomic E-state index is 0.360. The Morgan fingerprint density at radius 2 is 1.67 bits per heavy atom. The van der Waals surface area contributed by atoms with Crippen LogP contribution < -0.4 is 11.5 Å². The number of aromatic nitrogens is 2. The van der Waals surface area contributed by atoms with Crippen molar-refractivity contribution in [3.8, 4) is 0 Å². The van der Waals surface area contributed by atoms with Crippen molar-refractivity contribution < 1.29 is 0 Å². The van der Waals surface area contributed by atoms with Crippen LogP contribution in [0.25, 0.3) is 0 Å². The van der Waals surface area contributed by atoms with E-state index in [4.69, 9.17) is 34.7 Å². The zero-order valence-corrected chi connectivity index (χ0v) is 11.6. The smallest absolute Gasteiger partial charge is 0.191 e. The molecular formula is C11H10Cl2N4S. The van der Waals surface area contributed by atoms with Crippen molar-refractivity contribution >= 4 is 46.6 Å². The van der Waals surface area contributed by atoms with Crippen molar-refractivity contribution in [3.05, 3.63) is 39.9 Å². The summed E-state index contributed by atoms with van der Waals surface area (Å²) in [4.78, 5) is 8.16. The van der Waals surface area contributed by atoms with E-state index in [2.05, 4.69) is 9.97 Å². The molecule has 0 amide bonds.